The van der Waals surface area contributed by atoms with Crippen LogP contribution in [0.5, 0.6) is 0 Å². The SMILES string of the molecule is Cc1csc(CNC(=O)C[C@@H]2C(=O)NCCN2C2Cc3ccccc3C2)n1. The lowest BCUT2D eigenvalue weighted by Crippen LogP contribution is -2.59. The number of hydrogen-bond acceptors (Lipinski definition) is 5. The number of rotatable bonds is 5. The molecule has 7 heteroatoms. The smallest absolute Gasteiger partial charge is 0.237 e. The molecule has 2 aromatic rings. The van der Waals surface area contributed by atoms with Crippen molar-refractivity contribution in [3.8, 4) is 0 Å². The van der Waals surface area contributed by atoms with Crippen molar-refractivity contribution in [2.45, 2.75) is 44.8 Å². The molecule has 142 valence electrons. The van der Waals surface area contributed by atoms with Crippen molar-refractivity contribution in [2.75, 3.05) is 13.1 Å². The number of piperazine rings is 1. The highest BCUT2D eigenvalue weighted by Crippen LogP contribution is 2.28. The van der Waals surface area contributed by atoms with Crippen molar-refractivity contribution in [3.05, 3.63) is 51.5 Å². The molecule has 0 unspecified atom stereocenters. The van der Waals surface area contributed by atoms with Gasteiger partial charge in [-0.05, 0) is 30.9 Å². The molecular formula is C20H24N4O2S. The first kappa shape index (κ1) is 18.1. The zero-order valence-electron chi connectivity index (χ0n) is 15.4. The van der Waals surface area contributed by atoms with Crippen LogP contribution in [0.2, 0.25) is 0 Å². The molecule has 0 saturated carbocycles. The predicted molar refractivity (Wildman–Crippen MR) is 104 cm³/mol. The Morgan fingerprint density at radius 1 is 1.33 bits per heavy atom. The minimum Gasteiger partial charge on any atom is -0.353 e. The fourth-order valence-corrected chi connectivity index (χ4v) is 4.77. The van der Waals surface area contributed by atoms with Gasteiger partial charge in [0.15, 0.2) is 0 Å². The summed E-state index contributed by atoms with van der Waals surface area (Å²) in [6.07, 6.45) is 2.07. The number of aromatic nitrogens is 1. The summed E-state index contributed by atoms with van der Waals surface area (Å²) < 4.78 is 0. The molecule has 2 N–H and O–H groups in total. The summed E-state index contributed by atoms with van der Waals surface area (Å²) >= 11 is 1.54. The highest BCUT2D eigenvalue weighted by atomic mass is 32.1. The Bertz CT molecular complexity index is 825. The van der Waals surface area contributed by atoms with Gasteiger partial charge in [-0.2, -0.15) is 0 Å². The predicted octanol–water partition coefficient (Wildman–Crippen LogP) is 1.43. The van der Waals surface area contributed by atoms with Gasteiger partial charge in [0, 0.05) is 30.2 Å². The van der Waals surface area contributed by atoms with E-state index in [-0.39, 0.29) is 24.3 Å². The summed E-state index contributed by atoms with van der Waals surface area (Å²) in [6.45, 7) is 3.78. The van der Waals surface area contributed by atoms with E-state index >= 15 is 0 Å². The van der Waals surface area contributed by atoms with Gasteiger partial charge in [0.1, 0.15) is 5.01 Å². The summed E-state index contributed by atoms with van der Waals surface area (Å²) in [5, 5.41) is 8.68. The number of aryl methyl sites for hydroxylation is 1. The van der Waals surface area contributed by atoms with Crippen molar-refractivity contribution >= 4 is 23.2 Å². The molecule has 0 spiro atoms. The largest absolute Gasteiger partial charge is 0.353 e. The fourth-order valence-electron chi connectivity index (χ4n) is 4.06. The average molecular weight is 385 g/mol. The quantitative estimate of drug-likeness (QED) is 0.818. The second-order valence-corrected chi connectivity index (χ2v) is 8.18. The lowest BCUT2D eigenvalue weighted by atomic mass is 10.0. The Morgan fingerprint density at radius 2 is 2.07 bits per heavy atom. The molecule has 1 aliphatic carbocycles. The van der Waals surface area contributed by atoms with Crippen LogP contribution in [-0.4, -0.2) is 46.9 Å². The van der Waals surface area contributed by atoms with Gasteiger partial charge in [0.05, 0.1) is 19.0 Å². The average Bonchev–Trinajstić information content (AvgIpc) is 3.27. The maximum absolute atomic E-state index is 12.5. The summed E-state index contributed by atoms with van der Waals surface area (Å²) in [7, 11) is 0. The monoisotopic (exact) mass is 384 g/mol. The molecule has 1 aromatic carbocycles. The molecule has 2 aliphatic rings. The van der Waals surface area contributed by atoms with Gasteiger partial charge >= 0.3 is 0 Å². The third kappa shape index (κ3) is 4.04. The minimum atomic E-state index is -0.406. The molecule has 1 saturated heterocycles. The highest BCUT2D eigenvalue weighted by molar-refractivity contribution is 7.09. The summed E-state index contributed by atoms with van der Waals surface area (Å²) in [5.41, 5.74) is 3.68. The Morgan fingerprint density at radius 3 is 2.74 bits per heavy atom. The lowest BCUT2D eigenvalue weighted by molar-refractivity contribution is -0.135. The molecule has 2 amide bonds. The lowest BCUT2D eigenvalue weighted by Gasteiger charge is -2.38. The van der Waals surface area contributed by atoms with Gasteiger partial charge in [-0.15, -0.1) is 11.3 Å². The Balaban J connectivity index is 1.40. The number of carbonyl (C=O) groups is 2. The van der Waals surface area contributed by atoms with E-state index in [0.717, 1.165) is 30.1 Å². The fraction of sp³-hybridized carbons (Fsp3) is 0.450. The van der Waals surface area contributed by atoms with E-state index in [1.54, 1.807) is 0 Å². The van der Waals surface area contributed by atoms with Gasteiger partial charge in [0.2, 0.25) is 11.8 Å². The van der Waals surface area contributed by atoms with Crippen LogP contribution in [0.15, 0.2) is 29.6 Å². The topological polar surface area (TPSA) is 74.3 Å². The summed E-state index contributed by atoms with van der Waals surface area (Å²) in [5.74, 6) is -0.150. The molecule has 1 aliphatic heterocycles. The van der Waals surface area contributed by atoms with Gasteiger partial charge in [-0.25, -0.2) is 4.98 Å². The zero-order valence-corrected chi connectivity index (χ0v) is 16.2. The van der Waals surface area contributed by atoms with Gasteiger partial charge in [0.25, 0.3) is 0 Å². The molecular weight excluding hydrogens is 360 g/mol. The number of amides is 2. The van der Waals surface area contributed by atoms with E-state index in [0.29, 0.717) is 13.1 Å². The Labute approximate surface area is 163 Å². The number of benzene rings is 1. The highest BCUT2D eigenvalue weighted by Gasteiger charge is 2.38. The number of thiazole rings is 1. The van der Waals surface area contributed by atoms with Crippen molar-refractivity contribution in [1.82, 2.24) is 20.5 Å². The van der Waals surface area contributed by atoms with Crippen LogP contribution in [0.25, 0.3) is 0 Å². The number of fused-ring (bicyclic) bond motifs is 1. The number of hydrogen-bond donors (Lipinski definition) is 2. The van der Waals surface area contributed by atoms with Crippen molar-refractivity contribution in [2.24, 2.45) is 0 Å². The van der Waals surface area contributed by atoms with E-state index in [4.69, 9.17) is 0 Å². The molecule has 4 rings (SSSR count). The van der Waals surface area contributed by atoms with E-state index in [9.17, 15) is 9.59 Å². The van der Waals surface area contributed by atoms with Crippen LogP contribution < -0.4 is 10.6 Å². The first-order valence-electron chi connectivity index (χ1n) is 9.38. The van der Waals surface area contributed by atoms with Crippen LogP contribution in [-0.2, 0) is 29.0 Å². The molecule has 0 radical (unpaired) electrons. The molecule has 27 heavy (non-hydrogen) atoms. The maximum atomic E-state index is 12.5. The standard InChI is InChI=1S/C20H24N4O2S/c1-13-12-27-19(23-13)11-22-18(25)10-17-20(26)21-6-7-24(17)16-8-14-4-2-3-5-15(14)9-16/h2-5,12,16-17H,6-11H2,1H3,(H,21,26)(H,22,25)/t17-/m1/s1. The normalized spacial score (nSPS) is 20.3. The van der Waals surface area contributed by atoms with Crippen LogP contribution in [0.4, 0.5) is 0 Å². The molecule has 1 aromatic heterocycles. The number of nitrogens with one attached hydrogen (secondary N) is 2. The zero-order chi connectivity index (χ0) is 18.8. The molecule has 6 nitrogen and oxygen atoms in total. The van der Waals surface area contributed by atoms with Gasteiger partial charge in [-0.1, -0.05) is 24.3 Å². The molecule has 1 fully saturated rings. The van der Waals surface area contributed by atoms with Crippen LogP contribution in [0.1, 0.15) is 28.2 Å². The molecule has 2 heterocycles. The Hall–Kier alpha value is -2.25. The van der Waals surface area contributed by atoms with E-state index in [1.165, 1.54) is 22.5 Å². The second kappa shape index (κ2) is 7.78. The third-order valence-electron chi connectivity index (χ3n) is 5.35. The second-order valence-electron chi connectivity index (χ2n) is 7.24. The first-order valence-corrected chi connectivity index (χ1v) is 10.3. The Kier molecular flexibility index (Phi) is 5.22. The van der Waals surface area contributed by atoms with E-state index in [2.05, 4.69) is 44.8 Å². The maximum Gasteiger partial charge on any atom is 0.237 e. The van der Waals surface area contributed by atoms with Crippen LogP contribution >= 0.6 is 11.3 Å². The molecule has 1 atom stereocenters. The van der Waals surface area contributed by atoms with Crippen molar-refractivity contribution in [1.29, 1.82) is 0 Å². The van der Waals surface area contributed by atoms with Gasteiger partial charge < -0.3 is 10.6 Å². The summed E-state index contributed by atoms with van der Waals surface area (Å²) in [6, 6.07) is 8.34. The number of nitrogens with zero attached hydrogens (tertiary/aromatic N) is 2. The van der Waals surface area contributed by atoms with Crippen molar-refractivity contribution < 1.29 is 9.59 Å². The van der Waals surface area contributed by atoms with E-state index < -0.39 is 6.04 Å². The summed E-state index contributed by atoms with van der Waals surface area (Å²) in [4.78, 5) is 31.6. The van der Waals surface area contributed by atoms with E-state index in [1.807, 2.05) is 12.3 Å². The van der Waals surface area contributed by atoms with Gasteiger partial charge in [-0.3, -0.25) is 14.5 Å². The third-order valence-corrected chi connectivity index (χ3v) is 6.32. The minimum absolute atomic E-state index is 0.0440. The van der Waals surface area contributed by atoms with Crippen LogP contribution in [0.3, 0.4) is 0 Å². The number of carbonyl (C=O) groups excluding carboxylic acids is 2. The van der Waals surface area contributed by atoms with Crippen molar-refractivity contribution in [3.63, 3.8) is 0 Å². The van der Waals surface area contributed by atoms with Crippen LogP contribution in [0, 0.1) is 6.92 Å². The molecule has 0 bridgehead atoms. The first-order chi connectivity index (χ1) is 13.1.